The molecule has 1 saturated heterocycles. The van der Waals surface area contributed by atoms with Crippen LogP contribution < -0.4 is 10.7 Å². The van der Waals surface area contributed by atoms with Crippen LogP contribution in [-0.2, 0) is 9.53 Å². The number of halogens is 2. The van der Waals surface area contributed by atoms with E-state index in [1.807, 2.05) is 18.2 Å². The molecule has 2 N–H and O–H groups in total. The highest BCUT2D eigenvalue weighted by Gasteiger charge is 2.30. The van der Waals surface area contributed by atoms with Gasteiger partial charge in [0.05, 0.1) is 12.8 Å². The van der Waals surface area contributed by atoms with Crippen LogP contribution in [0.4, 0.5) is 8.78 Å². The quantitative estimate of drug-likeness (QED) is 0.217. The smallest absolute Gasteiger partial charge is 0.367 e. The third kappa shape index (κ3) is 6.22. The molecular weight excluding hydrogens is 528 g/mol. The van der Waals surface area contributed by atoms with Crippen LogP contribution in [0.2, 0.25) is 0 Å². The summed E-state index contributed by atoms with van der Waals surface area (Å²) in [6.07, 6.45) is 2.02. The number of hydrogen-bond acceptors (Lipinski definition) is 9. The molecule has 40 heavy (non-hydrogen) atoms. The second kappa shape index (κ2) is 12.9. The molecule has 4 rings (SSSR count). The predicted octanol–water partition coefficient (Wildman–Crippen LogP) is 1.72. The third-order valence-corrected chi connectivity index (χ3v) is 6.86. The molecule has 1 aromatic carbocycles. The van der Waals surface area contributed by atoms with E-state index in [1.54, 1.807) is 6.20 Å². The summed E-state index contributed by atoms with van der Waals surface area (Å²) >= 11 is 0. The first-order valence-corrected chi connectivity index (χ1v) is 12.7. The minimum Gasteiger partial charge on any atom is -0.465 e. The Morgan fingerprint density at radius 1 is 1.20 bits per heavy atom. The molecule has 0 aliphatic carbocycles. The number of aliphatic hydroxyl groups is 2. The number of hydrogen-bond donors (Lipinski definition) is 2. The van der Waals surface area contributed by atoms with Crippen molar-refractivity contribution < 1.29 is 33.3 Å². The Kier molecular flexibility index (Phi) is 9.30. The first kappa shape index (κ1) is 28.9. The standard InChI is InChI=1S/C27H29F2N5O6/c1-40-26(38)22-23(25(36)37)31-27(39)34(24(22)18-6-7-19(28)20(29)15-18)33(16-35)12-4-11-32-13-8-17(9-14-32)21-5-2-3-10-30-21/h2-3,5-7,10,15-17,25,36-37H,4,8-9,11-14H2,1H3. The van der Waals surface area contributed by atoms with E-state index in [1.165, 1.54) is 0 Å². The SMILES string of the molecule is COC(=O)c1c(C(O)O)nc(=O)n(N(C=O)CCCN2CCC(c3ccccn3)CC2)c1-c1ccc(F)c(F)c1. The number of esters is 1. The zero-order valence-electron chi connectivity index (χ0n) is 21.7. The lowest BCUT2D eigenvalue weighted by Gasteiger charge is -2.32. The van der Waals surface area contributed by atoms with Crippen molar-refractivity contribution in [3.05, 3.63) is 81.7 Å². The summed E-state index contributed by atoms with van der Waals surface area (Å²) in [7, 11) is 1.01. The van der Waals surface area contributed by atoms with E-state index in [4.69, 9.17) is 4.74 Å². The number of ether oxygens (including phenoxy) is 1. The number of rotatable bonds is 10. The lowest BCUT2D eigenvalue weighted by Crippen LogP contribution is -2.46. The van der Waals surface area contributed by atoms with E-state index in [2.05, 4.69) is 14.9 Å². The minimum absolute atomic E-state index is 0.00354. The number of carbonyl (C=O) groups is 2. The summed E-state index contributed by atoms with van der Waals surface area (Å²) in [6, 6.07) is 8.43. The van der Waals surface area contributed by atoms with Gasteiger partial charge in [-0.25, -0.2) is 23.4 Å². The molecule has 3 heterocycles. The molecule has 11 nitrogen and oxygen atoms in total. The van der Waals surface area contributed by atoms with E-state index < -0.39 is 46.5 Å². The highest BCUT2D eigenvalue weighted by atomic mass is 19.2. The molecule has 1 fully saturated rings. The fraction of sp³-hybridized carbons (Fsp3) is 0.370. The summed E-state index contributed by atoms with van der Waals surface area (Å²) in [5.41, 5.74) is -2.02. The molecular formula is C27H29F2N5O6. The van der Waals surface area contributed by atoms with Gasteiger partial charge in [-0.2, -0.15) is 9.66 Å². The van der Waals surface area contributed by atoms with E-state index in [0.29, 0.717) is 25.3 Å². The molecule has 2 aromatic heterocycles. The predicted molar refractivity (Wildman–Crippen MR) is 139 cm³/mol. The number of benzene rings is 1. The van der Waals surface area contributed by atoms with Gasteiger partial charge in [-0.15, -0.1) is 0 Å². The molecule has 0 radical (unpaired) electrons. The number of amides is 1. The Hall–Kier alpha value is -4.07. The second-order valence-corrected chi connectivity index (χ2v) is 9.30. The molecule has 3 aromatic rings. The van der Waals surface area contributed by atoms with Crippen molar-refractivity contribution in [3.8, 4) is 11.3 Å². The number of piperidine rings is 1. The van der Waals surface area contributed by atoms with Crippen LogP contribution in [-0.4, -0.2) is 75.4 Å². The van der Waals surface area contributed by atoms with Gasteiger partial charge in [-0.3, -0.25) is 9.78 Å². The van der Waals surface area contributed by atoms with Crippen molar-refractivity contribution in [2.45, 2.75) is 31.5 Å². The minimum atomic E-state index is -2.38. The highest BCUT2D eigenvalue weighted by molar-refractivity contribution is 5.97. The molecule has 1 aliphatic heterocycles. The lowest BCUT2D eigenvalue weighted by atomic mass is 9.93. The molecule has 1 amide bonds. The highest BCUT2D eigenvalue weighted by Crippen LogP contribution is 2.29. The number of aliphatic hydroxyl groups excluding tert-OH is 1. The van der Waals surface area contributed by atoms with Gasteiger partial charge in [0.1, 0.15) is 11.3 Å². The summed E-state index contributed by atoms with van der Waals surface area (Å²) in [5, 5.41) is 20.6. The average Bonchev–Trinajstić information content (AvgIpc) is 2.97. The van der Waals surface area contributed by atoms with Crippen molar-refractivity contribution >= 4 is 12.4 Å². The monoisotopic (exact) mass is 557 g/mol. The van der Waals surface area contributed by atoms with Gasteiger partial charge in [-0.05, 0) is 69.2 Å². The first-order valence-electron chi connectivity index (χ1n) is 12.7. The molecule has 13 heteroatoms. The van der Waals surface area contributed by atoms with Crippen LogP contribution in [0.15, 0.2) is 47.4 Å². The van der Waals surface area contributed by atoms with Gasteiger partial charge >= 0.3 is 11.7 Å². The van der Waals surface area contributed by atoms with E-state index in [-0.39, 0.29) is 12.1 Å². The van der Waals surface area contributed by atoms with Crippen LogP contribution in [0, 0.1) is 11.6 Å². The van der Waals surface area contributed by atoms with Gasteiger partial charge < -0.3 is 19.8 Å². The number of nitrogens with zero attached hydrogens (tertiary/aromatic N) is 5. The van der Waals surface area contributed by atoms with Gasteiger partial charge in [0.25, 0.3) is 0 Å². The maximum absolute atomic E-state index is 14.2. The number of aromatic nitrogens is 3. The van der Waals surface area contributed by atoms with Crippen LogP contribution >= 0.6 is 0 Å². The van der Waals surface area contributed by atoms with Gasteiger partial charge in [-0.1, -0.05) is 6.07 Å². The van der Waals surface area contributed by atoms with Gasteiger partial charge in [0.15, 0.2) is 17.9 Å². The first-order chi connectivity index (χ1) is 19.2. The Labute approximate surface area is 228 Å². The molecule has 0 saturated carbocycles. The maximum Gasteiger partial charge on any atom is 0.367 e. The van der Waals surface area contributed by atoms with E-state index in [0.717, 1.165) is 66.6 Å². The van der Waals surface area contributed by atoms with Gasteiger partial charge in [0.2, 0.25) is 6.41 Å². The van der Waals surface area contributed by atoms with Crippen molar-refractivity contribution in [2.75, 3.05) is 38.3 Å². The Morgan fingerprint density at radius 2 is 1.95 bits per heavy atom. The van der Waals surface area contributed by atoms with Crippen molar-refractivity contribution in [3.63, 3.8) is 0 Å². The van der Waals surface area contributed by atoms with Crippen LogP contribution in [0.25, 0.3) is 11.3 Å². The Balaban J connectivity index is 1.61. The van der Waals surface area contributed by atoms with Crippen LogP contribution in [0.5, 0.6) is 0 Å². The Bertz CT molecular complexity index is 1410. The molecule has 1 aliphatic rings. The topological polar surface area (TPSA) is 138 Å². The third-order valence-electron chi connectivity index (χ3n) is 6.86. The van der Waals surface area contributed by atoms with Crippen molar-refractivity contribution in [1.82, 2.24) is 19.5 Å². The lowest BCUT2D eigenvalue weighted by molar-refractivity contribution is -0.108. The number of methoxy groups -OCH3 is 1. The molecule has 0 unspecified atom stereocenters. The summed E-state index contributed by atoms with van der Waals surface area (Å²) in [5.74, 6) is -3.25. The average molecular weight is 558 g/mol. The summed E-state index contributed by atoms with van der Waals surface area (Å²) < 4.78 is 33.4. The zero-order chi connectivity index (χ0) is 28.8. The number of carbonyl (C=O) groups excluding carboxylic acids is 2. The molecule has 0 bridgehead atoms. The van der Waals surface area contributed by atoms with Crippen molar-refractivity contribution in [2.24, 2.45) is 0 Å². The van der Waals surface area contributed by atoms with Crippen molar-refractivity contribution in [1.29, 1.82) is 0 Å². The largest absolute Gasteiger partial charge is 0.465 e. The Morgan fingerprint density at radius 3 is 2.55 bits per heavy atom. The number of pyridine rings is 1. The van der Waals surface area contributed by atoms with E-state index >= 15 is 0 Å². The van der Waals surface area contributed by atoms with Crippen LogP contribution in [0.1, 0.15) is 53.2 Å². The van der Waals surface area contributed by atoms with Crippen LogP contribution in [0.3, 0.4) is 0 Å². The maximum atomic E-state index is 14.2. The van der Waals surface area contributed by atoms with E-state index in [9.17, 15) is 33.4 Å². The molecule has 0 spiro atoms. The fourth-order valence-corrected chi connectivity index (χ4v) is 4.89. The summed E-state index contributed by atoms with van der Waals surface area (Å²) in [4.78, 5) is 48.2. The number of likely N-dealkylation sites (tertiary alicyclic amines) is 1. The molecule has 0 atom stereocenters. The normalized spacial score (nSPS) is 14.3. The zero-order valence-corrected chi connectivity index (χ0v) is 21.7. The molecule has 212 valence electrons. The summed E-state index contributed by atoms with van der Waals surface area (Å²) in [6.45, 7) is 2.24. The fourth-order valence-electron chi connectivity index (χ4n) is 4.89. The van der Waals surface area contributed by atoms with Gasteiger partial charge in [0, 0.05) is 29.9 Å². The second-order valence-electron chi connectivity index (χ2n) is 9.30.